The number of nitrogens with zero attached hydrogens (tertiary/aromatic N) is 2. The Bertz CT molecular complexity index is 511. The minimum atomic E-state index is 0.140. The molecule has 1 heterocycles. The lowest BCUT2D eigenvalue weighted by Gasteiger charge is -2.11. The molecule has 0 saturated carbocycles. The van der Waals surface area contributed by atoms with Crippen LogP contribution in [0.2, 0.25) is 5.02 Å². The monoisotopic (exact) mass is 263 g/mol. The van der Waals surface area contributed by atoms with Gasteiger partial charge in [-0.05, 0) is 37.1 Å². The lowest BCUT2D eigenvalue weighted by Crippen LogP contribution is -2.20. The van der Waals surface area contributed by atoms with Gasteiger partial charge in [0.15, 0.2) is 0 Å². The highest BCUT2D eigenvalue weighted by atomic mass is 35.5. The summed E-state index contributed by atoms with van der Waals surface area (Å²) in [5, 5.41) is 0.777. The highest BCUT2D eigenvalue weighted by Crippen LogP contribution is 2.16. The van der Waals surface area contributed by atoms with Gasteiger partial charge >= 0.3 is 0 Å². The molecule has 0 saturated heterocycles. The first-order valence-corrected chi connectivity index (χ1v) is 6.43. The number of hydrogen-bond acceptors (Lipinski definition) is 2. The zero-order valence-corrected chi connectivity index (χ0v) is 11.5. The van der Waals surface area contributed by atoms with Crippen LogP contribution in [-0.4, -0.2) is 15.6 Å². The van der Waals surface area contributed by atoms with E-state index in [9.17, 15) is 0 Å². The minimum Gasteiger partial charge on any atom is -0.330 e. The Labute approximate surface area is 113 Å². The summed E-state index contributed by atoms with van der Waals surface area (Å²) >= 11 is 6.07. The van der Waals surface area contributed by atoms with Crippen molar-refractivity contribution in [3.8, 4) is 0 Å². The number of aryl methyl sites for hydroxylation is 1. The molecule has 1 aromatic carbocycles. The summed E-state index contributed by atoms with van der Waals surface area (Å²) in [4.78, 5) is 4.19. The van der Waals surface area contributed by atoms with Gasteiger partial charge in [-0.15, -0.1) is 0 Å². The van der Waals surface area contributed by atoms with E-state index in [4.69, 9.17) is 17.3 Å². The maximum absolute atomic E-state index is 6.07. The van der Waals surface area contributed by atoms with Crippen molar-refractivity contribution in [1.82, 2.24) is 9.55 Å². The fraction of sp³-hybridized carbons (Fsp3) is 0.357. The van der Waals surface area contributed by atoms with Crippen LogP contribution in [0.3, 0.4) is 0 Å². The molecule has 0 fully saturated rings. The van der Waals surface area contributed by atoms with Crippen molar-refractivity contribution in [3.63, 3.8) is 0 Å². The second-order valence-electron chi connectivity index (χ2n) is 4.83. The third kappa shape index (κ3) is 3.34. The predicted molar refractivity (Wildman–Crippen MR) is 74.9 cm³/mol. The molecule has 0 radical (unpaired) electrons. The molecule has 18 heavy (non-hydrogen) atoms. The third-order valence-electron chi connectivity index (χ3n) is 2.78. The van der Waals surface area contributed by atoms with E-state index in [1.54, 1.807) is 0 Å². The number of benzene rings is 1. The molecule has 0 aliphatic carbocycles. The van der Waals surface area contributed by atoms with Gasteiger partial charge in [-0.2, -0.15) is 0 Å². The van der Waals surface area contributed by atoms with Gasteiger partial charge in [0.25, 0.3) is 0 Å². The van der Waals surface area contributed by atoms with Crippen LogP contribution in [0.15, 0.2) is 30.7 Å². The average molecular weight is 264 g/mol. The predicted octanol–water partition coefficient (Wildman–Crippen LogP) is 2.78. The second-order valence-corrected chi connectivity index (χ2v) is 5.27. The molecule has 1 aromatic heterocycles. The van der Waals surface area contributed by atoms with E-state index in [0.717, 1.165) is 23.7 Å². The molecule has 1 atom stereocenters. The molecule has 2 rings (SSSR count). The van der Waals surface area contributed by atoms with Gasteiger partial charge < -0.3 is 10.3 Å². The quantitative estimate of drug-likeness (QED) is 0.922. The number of aromatic nitrogens is 2. The van der Waals surface area contributed by atoms with Gasteiger partial charge in [-0.3, -0.25) is 0 Å². The van der Waals surface area contributed by atoms with Gasteiger partial charge in [0.1, 0.15) is 0 Å². The van der Waals surface area contributed by atoms with Gasteiger partial charge in [-0.1, -0.05) is 17.7 Å². The summed E-state index contributed by atoms with van der Waals surface area (Å²) in [7, 11) is 0. The first-order chi connectivity index (χ1) is 8.54. The maximum Gasteiger partial charge on any atom is 0.0951 e. The molecule has 4 heteroatoms. The van der Waals surface area contributed by atoms with Crippen LogP contribution in [0, 0.1) is 6.92 Å². The summed E-state index contributed by atoms with van der Waals surface area (Å²) in [5.74, 6) is 0. The standard InChI is InChI=1S/C14H18ClN3/c1-10-3-12(6-13(15)4-10)8-18-9-17-7-14(18)5-11(2)16/h3-4,6-7,9,11H,5,8,16H2,1-2H3. The molecular formula is C14H18ClN3. The molecule has 2 N–H and O–H groups in total. The van der Waals surface area contributed by atoms with Crippen molar-refractivity contribution in [1.29, 1.82) is 0 Å². The van der Waals surface area contributed by atoms with Crippen molar-refractivity contribution < 1.29 is 0 Å². The molecule has 0 amide bonds. The molecule has 96 valence electrons. The summed E-state index contributed by atoms with van der Waals surface area (Å²) < 4.78 is 2.12. The van der Waals surface area contributed by atoms with Gasteiger partial charge in [0.05, 0.1) is 6.33 Å². The van der Waals surface area contributed by atoms with Crippen molar-refractivity contribution in [2.45, 2.75) is 32.9 Å². The Morgan fingerprint density at radius 1 is 1.39 bits per heavy atom. The summed E-state index contributed by atoms with van der Waals surface area (Å²) in [5.41, 5.74) is 9.34. The molecule has 0 aliphatic rings. The third-order valence-corrected chi connectivity index (χ3v) is 3.00. The Hall–Kier alpha value is -1.32. The summed E-state index contributed by atoms with van der Waals surface area (Å²) in [6.45, 7) is 4.83. The first-order valence-electron chi connectivity index (χ1n) is 6.05. The van der Waals surface area contributed by atoms with Crippen LogP contribution in [-0.2, 0) is 13.0 Å². The van der Waals surface area contributed by atoms with Crippen molar-refractivity contribution in [2.24, 2.45) is 5.73 Å². The van der Waals surface area contributed by atoms with Crippen LogP contribution in [0.25, 0.3) is 0 Å². The van der Waals surface area contributed by atoms with Crippen molar-refractivity contribution in [3.05, 3.63) is 52.6 Å². The topological polar surface area (TPSA) is 43.8 Å². The molecule has 1 unspecified atom stereocenters. The van der Waals surface area contributed by atoms with E-state index in [2.05, 4.69) is 15.6 Å². The first kappa shape index (κ1) is 13.1. The maximum atomic E-state index is 6.07. The van der Waals surface area contributed by atoms with Gasteiger partial charge in [-0.25, -0.2) is 4.98 Å². The van der Waals surface area contributed by atoms with E-state index in [1.165, 1.54) is 11.1 Å². The lowest BCUT2D eigenvalue weighted by molar-refractivity contribution is 0.665. The second kappa shape index (κ2) is 5.55. The number of imidazole rings is 1. The van der Waals surface area contributed by atoms with Crippen LogP contribution in [0.1, 0.15) is 23.7 Å². The molecule has 0 bridgehead atoms. The molecule has 2 aromatic rings. The molecule has 0 aliphatic heterocycles. The van der Waals surface area contributed by atoms with Gasteiger partial charge in [0.2, 0.25) is 0 Å². The SMILES string of the molecule is Cc1cc(Cl)cc(Cn2cncc2CC(C)N)c1. The Balaban J connectivity index is 2.20. The highest BCUT2D eigenvalue weighted by molar-refractivity contribution is 6.30. The van der Waals surface area contributed by atoms with E-state index < -0.39 is 0 Å². The normalized spacial score (nSPS) is 12.7. The zero-order valence-electron chi connectivity index (χ0n) is 10.7. The van der Waals surface area contributed by atoms with E-state index in [-0.39, 0.29) is 6.04 Å². The molecular weight excluding hydrogens is 246 g/mol. The van der Waals surface area contributed by atoms with E-state index in [0.29, 0.717) is 0 Å². The van der Waals surface area contributed by atoms with Crippen LogP contribution < -0.4 is 5.73 Å². The Kier molecular flexibility index (Phi) is 4.04. The van der Waals surface area contributed by atoms with Crippen molar-refractivity contribution >= 4 is 11.6 Å². The van der Waals surface area contributed by atoms with Crippen molar-refractivity contribution in [2.75, 3.05) is 0 Å². The number of halogens is 1. The smallest absolute Gasteiger partial charge is 0.0951 e. The Morgan fingerprint density at radius 2 is 2.17 bits per heavy atom. The van der Waals surface area contributed by atoms with Crippen LogP contribution in [0.4, 0.5) is 0 Å². The van der Waals surface area contributed by atoms with E-state index in [1.807, 2.05) is 38.5 Å². The number of nitrogens with two attached hydrogens (primary N) is 1. The number of hydrogen-bond donors (Lipinski definition) is 1. The largest absolute Gasteiger partial charge is 0.330 e. The lowest BCUT2D eigenvalue weighted by atomic mass is 10.1. The van der Waals surface area contributed by atoms with Gasteiger partial charge in [0, 0.05) is 35.9 Å². The average Bonchev–Trinajstić information content (AvgIpc) is 2.63. The fourth-order valence-electron chi connectivity index (χ4n) is 2.09. The van der Waals surface area contributed by atoms with Crippen LogP contribution >= 0.6 is 11.6 Å². The summed E-state index contributed by atoms with van der Waals surface area (Å²) in [6.07, 6.45) is 4.55. The zero-order chi connectivity index (χ0) is 13.1. The minimum absolute atomic E-state index is 0.140. The fourth-order valence-corrected chi connectivity index (χ4v) is 2.40. The molecule has 3 nitrogen and oxygen atoms in total. The van der Waals surface area contributed by atoms with E-state index >= 15 is 0 Å². The molecule has 0 spiro atoms. The van der Waals surface area contributed by atoms with Crippen LogP contribution in [0.5, 0.6) is 0 Å². The highest BCUT2D eigenvalue weighted by Gasteiger charge is 2.06. The summed E-state index contributed by atoms with van der Waals surface area (Å²) in [6, 6.07) is 6.23. The number of rotatable bonds is 4. The Morgan fingerprint density at radius 3 is 2.83 bits per heavy atom.